The third-order valence-electron chi connectivity index (χ3n) is 0.783. The maximum absolute atomic E-state index is 8.09. The van der Waals surface area contributed by atoms with Gasteiger partial charge in [0.05, 0.1) is 0 Å². The van der Waals surface area contributed by atoms with E-state index in [1.54, 1.807) is 0 Å². The van der Waals surface area contributed by atoms with Crippen LogP contribution in [0.25, 0.3) is 5.53 Å². The third-order valence-corrected chi connectivity index (χ3v) is 1.48. The summed E-state index contributed by atoms with van der Waals surface area (Å²) in [7, 11) is 0. The number of rotatable bonds is 2. The van der Waals surface area contributed by atoms with Crippen LogP contribution in [0.1, 0.15) is 21.2 Å². The zero-order chi connectivity index (χ0) is 5.70. The molecule has 0 aliphatic heterocycles. The molecule has 2 nitrogen and oxygen atoms in total. The van der Waals surface area contributed by atoms with Gasteiger partial charge >= 0.3 is 16.3 Å². The molecule has 0 N–H and O–H groups in total. The fourth-order valence-electron chi connectivity index (χ4n) is 0.412. The third kappa shape index (κ3) is 3.75. The summed E-state index contributed by atoms with van der Waals surface area (Å²) in [4.78, 5) is 3.06. The first-order valence-corrected chi connectivity index (χ1v) is 3.48. The summed E-state index contributed by atoms with van der Waals surface area (Å²) in [5, 5.41) is 0. The molecule has 0 aliphatic carbocycles. The molecular formula is C4H11AlN2. The van der Waals surface area contributed by atoms with Crippen LogP contribution in [0.2, 0.25) is 0 Å². The second-order valence-corrected chi connectivity index (χ2v) is 2.74. The molecule has 7 heavy (non-hydrogen) atoms. The summed E-state index contributed by atoms with van der Waals surface area (Å²) in [6.07, 6.45) is 2.05. The fourth-order valence-corrected chi connectivity index (χ4v) is 0.912. The molecule has 0 saturated carbocycles. The Morgan fingerprint density at radius 3 is 2.71 bits per heavy atom. The van der Waals surface area contributed by atoms with Crippen molar-refractivity contribution in [1.82, 2.24) is 0 Å². The van der Waals surface area contributed by atoms with Crippen molar-refractivity contribution in [2.24, 2.45) is 0 Å². The Morgan fingerprint density at radius 1 is 2.00 bits per heavy atom. The van der Waals surface area contributed by atoms with Crippen LogP contribution in [0.5, 0.6) is 0 Å². The second kappa shape index (κ2) is 4.08. The van der Waals surface area contributed by atoms with Crippen molar-refractivity contribution < 1.29 is 6.22 Å². The summed E-state index contributed by atoms with van der Waals surface area (Å²) in [5.41, 5.74) is 8.09. The van der Waals surface area contributed by atoms with Crippen molar-refractivity contribution in [3.05, 3.63) is 5.53 Å². The molecule has 0 amide bonds. The van der Waals surface area contributed by atoms with Gasteiger partial charge in [-0.25, -0.2) is 4.79 Å². The van der Waals surface area contributed by atoms with E-state index in [1.807, 2.05) is 0 Å². The predicted molar refractivity (Wildman–Crippen MR) is 34.2 cm³/mol. The lowest BCUT2D eigenvalue weighted by atomic mass is 10.4. The average molecular weight is 114 g/mol. The van der Waals surface area contributed by atoms with Crippen molar-refractivity contribution in [3.63, 3.8) is 0 Å². The van der Waals surface area contributed by atoms with E-state index in [2.05, 4.69) is 11.7 Å². The number of nitrogens with zero attached hydrogens (tertiary/aromatic N) is 2. The van der Waals surface area contributed by atoms with Crippen LogP contribution < -0.4 is 0 Å². The molecule has 0 fully saturated rings. The van der Waals surface area contributed by atoms with Crippen LogP contribution >= 0.6 is 0 Å². The van der Waals surface area contributed by atoms with Crippen molar-refractivity contribution in [2.45, 2.75) is 19.8 Å². The highest BCUT2D eigenvalue weighted by molar-refractivity contribution is 6.57. The Morgan fingerprint density at radius 2 is 2.57 bits per heavy atom. The van der Waals surface area contributed by atoms with Gasteiger partial charge in [-0.3, -0.25) is 0 Å². The van der Waals surface area contributed by atoms with Gasteiger partial charge in [-0.05, 0) is 6.42 Å². The predicted octanol–water partition coefficient (Wildman–Crippen LogP) is 0.294. The quantitative estimate of drug-likeness (QED) is 0.214. The molecule has 0 heterocycles. The monoisotopic (exact) mass is 114 g/mol. The summed E-state index contributed by atoms with van der Waals surface area (Å²) in [5.74, 6) is 0. The summed E-state index contributed by atoms with van der Waals surface area (Å²) >= 11 is 0.899. The van der Waals surface area contributed by atoms with Gasteiger partial charge in [0.1, 0.15) is 0 Å². The molecular weight excluding hydrogens is 103 g/mol. The highest BCUT2D eigenvalue weighted by Crippen LogP contribution is 1.82. The van der Waals surface area contributed by atoms with Crippen molar-refractivity contribution >= 4 is 20.9 Å². The van der Waals surface area contributed by atoms with Gasteiger partial charge < -0.3 is 5.53 Å². The molecule has 40 valence electrons. The van der Waals surface area contributed by atoms with E-state index in [1.165, 1.54) is 0 Å². The minimum atomic E-state index is 0. The Balaban J connectivity index is 0. The van der Waals surface area contributed by atoms with Gasteiger partial charge in [-0.15, -0.1) is 0 Å². The van der Waals surface area contributed by atoms with Crippen LogP contribution in [0.4, 0.5) is 0 Å². The Kier molecular flexibility index (Phi) is 4.03. The first-order valence-electron chi connectivity index (χ1n) is 2.48. The minimum absolute atomic E-state index is 0. The summed E-state index contributed by atoms with van der Waals surface area (Å²) < 4.78 is 0.947. The van der Waals surface area contributed by atoms with Crippen LogP contribution in [-0.2, 0) is 0 Å². The highest BCUT2D eigenvalue weighted by atomic mass is 27.0. The Labute approximate surface area is 53.1 Å². The molecule has 0 radical (unpaired) electrons. The van der Waals surface area contributed by atoms with Gasteiger partial charge in [0.2, 0.25) is 0 Å². The zero-order valence-corrected chi connectivity index (χ0v) is 6.81. The molecule has 0 saturated heterocycles. The largest absolute Gasteiger partial charge is 0.389 e. The van der Waals surface area contributed by atoms with E-state index in [0.717, 1.165) is 33.7 Å². The molecule has 0 bridgehead atoms. The van der Waals surface area contributed by atoms with E-state index >= 15 is 0 Å². The molecule has 0 atom stereocenters. The maximum Gasteiger partial charge on any atom is 0.389 e. The summed E-state index contributed by atoms with van der Waals surface area (Å²) in [6, 6.07) is 0. The molecule has 0 aromatic carbocycles. The van der Waals surface area contributed by atoms with E-state index < -0.39 is 0 Å². The van der Waals surface area contributed by atoms with Crippen LogP contribution in [0.15, 0.2) is 0 Å². The van der Waals surface area contributed by atoms with Gasteiger partial charge in [-0.2, -0.15) is 0 Å². The smallest absolute Gasteiger partial charge is 0.364 e. The Hall–Kier alpha value is -0.0875. The first-order chi connectivity index (χ1) is 3.31. The first kappa shape index (κ1) is 6.91. The molecule has 0 unspecified atom stereocenters. The van der Waals surface area contributed by atoms with Crippen LogP contribution in [0, 0.1) is 0 Å². The van der Waals surface area contributed by atoms with Crippen molar-refractivity contribution in [3.8, 4) is 0 Å². The average Bonchev–Trinajstić information content (AvgIpc) is 1.68. The van der Waals surface area contributed by atoms with Crippen molar-refractivity contribution in [2.75, 3.05) is 0 Å². The molecule has 3 heteroatoms. The van der Waals surface area contributed by atoms with E-state index in [4.69, 9.17) is 5.53 Å². The lowest BCUT2D eigenvalue weighted by Gasteiger charge is -1.78. The lowest BCUT2D eigenvalue weighted by molar-refractivity contribution is -0.00319. The van der Waals surface area contributed by atoms with Crippen LogP contribution in [0.3, 0.4) is 0 Å². The van der Waals surface area contributed by atoms with Gasteiger partial charge in [-0.1, -0.05) is 6.92 Å². The normalized spacial score (nSPS) is 7.57. The SMILES string of the molecule is CCC[C]([AlH2])=[N+]=[N-].[HH]. The van der Waals surface area contributed by atoms with E-state index in [-0.39, 0.29) is 1.43 Å². The topological polar surface area (TPSA) is 36.4 Å². The summed E-state index contributed by atoms with van der Waals surface area (Å²) in [6.45, 7) is 2.07. The highest BCUT2D eigenvalue weighted by Gasteiger charge is 1.91. The molecule has 0 aromatic heterocycles. The maximum atomic E-state index is 8.09. The second-order valence-electron chi connectivity index (χ2n) is 1.59. The fraction of sp³-hybridized carbons (Fsp3) is 0.750. The minimum Gasteiger partial charge on any atom is -0.364 e. The van der Waals surface area contributed by atoms with E-state index in [0.29, 0.717) is 0 Å². The Bertz CT molecular complexity index is 98.2. The van der Waals surface area contributed by atoms with Crippen LogP contribution in [-0.4, -0.2) is 25.7 Å². The molecule has 0 aliphatic rings. The number of hydrogen-bond acceptors (Lipinski definition) is 0. The van der Waals surface area contributed by atoms with E-state index in [9.17, 15) is 0 Å². The molecule has 0 spiro atoms. The van der Waals surface area contributed by atoms with Gasteiger partial charge in [0, 0.05) is 7.85 Å². The molecule has 0 rings (SSSR count). The lowest BCUT2D eigenvalue weighted by Crippen LogP contribution is -1.95. The molecule has 0 aromatic rings. The zero-order valence-electron chi connectivity index (χ0n) is 4.81. The van der Waals surface area contributed by atoms with Gasteiger partial charge in [0.15, 0.2) is 4.57 Å². The van der Waals surface area contributed by atoms with Gasteiger partial charge in [0.25, 0.3) is 0 Å². The number of hydrogen-bond donors (Lipinski definition) is 0. The standard InChI is InChI=1S/C4H7N2.Al.H2.2H/c1-2-3-4-6-5;;;;/h2-3H2,1H3;;1H;;. The van der Waals surface area contributed by atoms with Crippen molar-refractivity contribution in [1.29, 1.82) is 0 Å².